The van der Waals surface area contributed by atoms with E-state index in [9.17, 15) is 0 Å². The summed E-state index contributed by atoms with van der Waals surface area (Å²) in [5, 5.41) is 8.80. The number of ether oxygens (including phenoxy) is 3. The lowest BCUT2D eigenvalue weighted by molar-refractivity contribution is 0.0237. The van der Waals surface area contributed by atoms with Crippen LogP contribution < -0.4 is 10.1 Å². The first kappa shape index (κ1) is 20.7. The van der Waals surface area contributed by atoms with Crippen molar-refractivity contribution in [3.05, 3.63) is 28.2 Å². The van der Waals surface area contributed by atoms with E-state index in [4.69, 9.17) is 31.5 Å². The van der Waals surface area contributed by atoms with Crippen molar-refractivity contribution < 1.29 is 14.2 Å². The molecule has 2 fully saturated rings. The summed E-state index contributed by atoms with van der Waals surface area (Å²) in [7, 11) is 1.66. The van der Waals surface area contributed by atoms with E-state index < -0.39 is 0 Å². The first-order valence-electron chi connectivity index (χ1n) is 10.1. The summed E-state index contributed by atoms with van der Waals surface area (Å²) in [4.78, 5) is 2.37. The first-order valence-corrected chi connectivity index (χ1v) is 11.4. The molecule has 0 radical (unpaired) electrons. The van der Waals surface area contributed by atoms with Crippen molar-refractivity contribution in [3.8, 4) is 5.75 Å². The second kappa shape index (κ2) is 9.99. The van der Waals surface area contributed by atoms with Crippen molar-refractivity contribution in [2.24, 2.45) is 0 Å². The third-order valence-corrected chi connectivity index (χ3v) is 6.48. The van der Waals surface area contributed by atoms with Crippen molar-refractivity contribution in [3.63, 3.8) is 0 Å². The summed E-state index contributed by atoms with van der Waals surface area (Å²) in [5.74, 6) is 0.776. The van der Waals surface area contributed by atoms with Gasteiger partial charge in [0.2, 0.25) is 5.13 Å². The number of methoxy groups -OCH3 is 1. The topological polar surface area (TPSA) is 60.8 Å². The zero-order chi connectivity index (χ0) is 20.1. The van der Waals surface area contributed by atoms with Crippen LogP contribution in [0, 0.1) is 3.95 Å². The normalized spacial score (nSPS) is 21.7. The summed E-state index contributed by atoms with van der Waals surface area (Å²) in [6.07, 6.45) is 5.09. The number of rotatable bonds is 9. The Morgan fingerprint density at radius 3 is 2.52 bits per heavy atom. The van der Waals surface area contributed by atoms with E-state index in [-0.39, 0.29) is 12.2 Å². The molecule has 0 spiro atoms. The molecule has 0 unspecified atom stereocenters. The van der Waals surface area contributed by atoms with Gasteiger partial charge in [0.15, 0.2) is 3.95 Å². The highest BCUT2D eigenvalue weighted by Gasteiger charge is 2.24. The fraction of sp³-hybridized carbons (Fsp3) is 0.600. The van der Waals surface area contributed by atoms with Gasteiger partial charge in [-0.2, -0.15) is 0 Å². The Kier molecular flexibility index (Phi) is 7.15. The molecule has 0 bridgehead atoms. The highest BCUT2D eigenvalue weighted by molar-refractivity contribution is 7.73. The molecule has 0 amide bonds. The molecule has 2 aliphatic heterocycles. The molecule has 1 N–H and O–H groups in total. The average Bonchev–Trinajstić information content (AvgIpc) is 3.47. The molecule has 158 valence electrons. The van der Waals surface area contributed by atoms with Gasteiger partial charge in [-0.15, -0.1) is 5.10 Å². The molecule has 4 rings (SSSR count). The second-order valence-electron chi connectivity index (χ2n) is 7.45. The van der Waals surface area contributed by atoms with Crippen LogP contribution in [0.4, 0.5) is 10.8 Å². The molecule has 0 aliphatic carbocycles. The fourth-order valence-electron chi connectivity index (χ4n) is 3.84. The number of anilines is 2. The van der Waals surface area contributed by atoms with Gasteiger partial charge in [0.05, 0.1) is 31.7 Å². The Morgan fingerprint density at radius 1 is 1.21 bits per heavy atom. The molecule has 2 aliphatic rings. The monoisotopic (exact) mass is 436 g/mol. The maximum atomic E-state index is 5.86. The first-order chi connectivity index (χ1) is 14.2. The fourth-order valence-corrected chi connectivity index (χ4v) is 4.85. The molecular weight excluding hydrogens is 408 g/mol. The molecule has 1 aromatic heterocycles. The molecule has 2 aromatic rings. The van der Waals surface area contributed by atoms with Crippen LogP contribution in [-0.2, 0) is 16.1 Å². The summed E-state index contributed by atoms with van der Waals surface area (Å²) < 4.78 is 19.8. The minimum Gasteiger partial charge on any atom is -0.495 e. The van der Waals surface area contributed by atoms with Gasteiger partial charge in [0, 0.05) is 26.3 Å². The molecular formula is C20H28N4O3S2. The van der Waals surface area contributed by atoms with Crippen LogP contribution in [0.5, 0.6) is 5.75 Å². The molecule has 2 saturated heterocycles. The molecule has 9 heteroatoms. The molecule has 7 nitrogen and oxygen atoms in total. The second-order valence-corrected chi connectivity index (χ2v) is 9.07. The molecule has 0 saturated carbocycles. The van der Waals surface area contributed by atoms with Crippen LogP contribution in [0.3, 0.4) is 0 Å². The lowest BCUT2D eigenvalue weighted by Crippen LogP contribution is -2.39. The van der Waals surface area contributed by atoms with Gasteiger partial charge in [0.1, 0.15) is 5.75 Å². The number of hydrogen-bond donors (Lipinski definition) is 1. The number of nitrogens with one attached hydrogen (secondary N) is 1. The van der Waals surface area contributed by atoms with Gasteiger partial charge in [-0.25, -0.2) is 4.68 Å². The highest BCUT2D eigenvalue weighted by Crippen LogP contribution is 2.28. The van der Waals surface area contributed by atoms with Gasteiger partial charge in [-0.3, -0.25) is 4.90 Å². The van der Waals surface area contributed by atoms with Gasteiger partial charge in [-0.1, -0.05) is 23.5 Å². The van der Waals surface area contributed by atoms with Crippen LogP contribution in [-0.4, -0.2) is 60.3 Å². The number of nitrogens with zero attached hydrogens (tertiary/aromatic N) is 3. The van der Waals surface area contributed by atoms with Crippen molar-refractivity contribution >= 4 is 34.4 Å². The largest absolute Gasteiger partial charge is 0.495 e. The van der Waals surface area contributed by atoms with E-state index in [2.05, 4.69) is 10.2 Å². The van der Waals surface area contributed by atoms with E-state index in [1.807, 2.05) is 28.9 Å². The van der Waals surface area contributed by atoms with E-state index >= 15 is 0 Å². The van der Waals surface area contributed by atoms with Crippen LogP contribution in [0.25, 0.3) is 0 Å². The molecule has 1 aromatic carbocycles. The third kappa shape index (κ3) is 5.55. The lowest BCUT2D eigenvalue weighted by Gasteiger charge is -2.27. The van der Waals surface area contributed by atoms with E-state index in [1.54, 1.807) is 7.11 Å². The Balaban J connectivity index is 1.45. The molecule has 29 heavy (non-hydrogen) atoms. The van der Waals surface area contributed by atoms with Crippen LogP contribution in [0.2, 0.25) is 0 Å². The molecule has 3 heterocycles. The van der Waals surface area contributed by atoms with Crippen LogP contribution in [0.15, 0.2) is 24.3 Å². The van der Waals surface area contributed by atoms with Crippen LogP contribution in [0.1, 0.15) is 25.7 Å². The Hall–Kier alpha value is -1.52. The van der Waals surface area contributed by atoms with E-state index in [1.165, 1.54) is 11.3 Å². The van der Waals surface area contributed by atoms with Crippen molar-refractivity contribution in [1.82, 2.24) is 14.7 Å². The lowest BCUT2D eigenvalue weighted by atomic mass is 10.2. The summed E-state index contributed by atoms with van der Waals surface area (Å²) >= 11 is 7.06. The standard InChI is InChI=1S/C20H28N4O3S2/c1-25-18-9-3-2-8-17(18)21-19-22-24(20(28)29-19)14-23(12-15-6-4-10-26-15)13-16-7-5-11-27-16/h2-3,8-9,15-16H,4-7,10-14H2,1H3,(H,21,22)/t15-,16+. The zero-order valence-corrected chi connectivity index (χ0v) is 18.3. The Labute approximate surface area is 180 Å². The predicted molar refractivity (Wildman–Crippen MR) is 117 cm³/mol. The number of hydrogen-bond acceptors (Lipinski definition) is 8. The zero-order valence-electron chi connectivity index (χ0n) is 16.7. The quantitative estimate of drug-likeness (QED) is 0.595. The average molecular weight is 437 g/mol. The predicted octanol–water partition coefficient (Wildman–Crippen LogP) is 4.04. The smallest absolute Gasteiger partial charge is 0.209 e. The van der Waals surface area contributed by atoms with Gasteiger partial charge < -0.3 is 19.5 Å². The summed E-state index contributed by atoms with van der Waals surface area (Å²) in [5.41, 5.74) is 0.876. The maximum absolute atomic E-state index is 5.86. The Bertz CT molecular complexity index is 826. The van der Waals surface area contributed by atoms with E-state index in [0.717, 1.165) is 72.5 Å². The number of aromatic nitrogens is 2. The summed E-state index contributed by atoms with van der Waals surface area (Å²) in [6, 6.07) is 7.79. The summed E-state index contributed by atoms with van der Waals surface area (Å²) in [6.45, 7) is 4.13. The van der Waals surface area contributed by atoms with Crippen LogP contribution >= 0.6 is 23.6 Å². The van der Waals surface area contributed by atoms with E-state index in [0.29, 0.717) is 6.67 Å². The van der Waals surface area contributed by atoms with Crippen molar-refractivity contribution in [2.75, 3.05) is 38.7 Å². The minimum absolute atomic E-state index is 0.287. The van der Waals surface area contributed by atoms with Crippen molar-refractivity contribution in [1.29, 1.82) is 0 Å². The van der Waals surface area contributed by atoms with Crippen molar-refractivity contribution in [2.45, 2.75) is 44.6 Å². The highest BCUT2D eigenvalue weighted by atomic mass is 32.1. The third-order valence-electron chi connectivity index (χ3n) is 5.26. The molecule has 2 atom stereocenters. The number of benzene rings is 1. The van der Waals surface area contributed by atoms with Gasteiger partial charge >= 0.3 is 0 Å². The van der Waals surface area contributed by atoms with Gasteiger partial charge in [-0.05, 0) is 50.0 Å². The minimum atomic E-state index is 0.287. The Morgan fingerprint density at radius 2 is 1.90 bits per heavy atom. The number of para-hydroxylation sites is 2. The van der Waals surface area contributed by atoms with Gasteiger partial charge in [0.25, 0.3) is 0 Å². The maximum Gasteiger partial charge on any atom is 0.209 e. The SMILES string of the molecule is COc1ccccc1Nc1nn(CN(C[C@H]2CCCO2)C[C@@H]2CCCO2)c(=S)s1.